The van der Waals surface area contributed by atoms with Crippen molar-refractivity contribution in [2.45, 2.75) is 6.92 Å². The minimum atomic E-state index is 0. The van der Waals surface area contributed by atoms with Gasteiger partial charge in [0, 0.05) is 38.1 Å². The Morgan fingerprint density at radius 1 is 0.654 bits per heavy atom. The van der Waals surface area contributed by atoms with Crippen molar-refractivity contribution in [1.82, 2.24) is 9.97 Å². The molecule has 0 N–H and O–H groups in total. The van der Waals surface area contributed by atoms with Gasteiger partial charge >= 0.3 is 0 Å². The van der Waals surface area contributed by atoms with E-state index < -0.39 is 0 Å². The number of hydrogen-bond donors (Lipinski definition) is 0. The van der Waals surface area contributed by atoms with Crippen LogP contribution in [0.25, 0.3) is 22.5 Å². The zero-order valence-corrected chi connectivity index (χ0v) is 16.9. The average Bonchev–Trinajstić information content (AvgIpc) is 2.71. The summed E-state index contributed by atoms with van der Waals surface area (Å²) in [6, 6.07) is 31.1. The zero-order valence-electron chi connectivity index (χ0n) is 14.5. The fourth-order valence-corrected chi connectivity index (χ4v) is 2.46. The number of hydrogen-bond acceptors (Lipinski definition) is 2. The molecule has 4 aromatic rings. The van der Waals surface area contributed by atoms with Crippen molar-refractivity contribution in [2.75, 3.05) is 0 Å². The predicted molar refractivity (Wildman–Crippen MR) is 103 cm³/mol. The van der Waals surface area contributed by atoms with E-state index in [9.17, 15) is 0 Å². The van der Waals surface area contributed by atoms with Crippen molar-refractivity contribution in [3.8, 4) is 22.5 Å². The van der Waals surface area contributed by atoms with Crippen molar-refractivity contribution in [3.63, 3.8) is 0 Å². The van der Waals surface area contributed by atoms with Crippen molar-refractivity contribution >= 4 is 0 Å². The van der Waals surface area contributed by atoms with Crippen LogP contribution < -0.4 is 0 Å². The Morgan fingerprint density at radius 2 is 1.27 bits per heavy atom. The smallest absolute Gasteiger partial charge is 0.0704 e. The van der Waals surface area contributed by atoms with Crippen LogP contribution in [0.5, 0.6) is 0 Å². The summed E-state index contributed by atoms with van der Waals surface area (Å²) in [5.41, 5.74) is 5.53. The first kappa shape index (κ1) is 19.7. The fraction of sp³-hybridized carbons (Fsp3) is 0.0435. The Kier molecular flexibility index (Phi) is 7.88. The van der Waals surface area contributed by atoms with Crippen LogP contribution in [0, 0.1) is 13.0 Å². The largest absolute Gasteiger partial charge is 0.305 e. The molecule has 0 amide bonds. The zero-order chi connectivity index (χ0) is 17.3. The van der Waals surface area contributed by atoms with Crippen molar-refractivity contribution in [1.29, 1.82) is 0 Å². The van der Waals surface area contributed by atoms with E-state index in [0.29, 0.717) is 0 Å². The number of benzene rings is 2. The van der Waals surface area contributed by atoms with Gasteiger partial charge in [-0.2, -0.15) is 0 Å². The quantitative estimate of drug-likeness (QED) is 0.325. The third-order valence-corrected chi connectivity index (χ3v) is 3.74. The van der Waals surface area contributed by atoms with Gasteiger partial charge in [-0.15, -0.1) is 35.9 Å². The van der Waals surface area contributed by atoms with Crippen molar-refractivity contribution < 1.29 is 20.1 Å². The first-order chi connectivity index (χ1) is 12.3. The normalized spacial score (nSPS) is 9.42. The average molecular weight is 516 g/mol. The predicted octanol–water partition coefficient (Wildman–Crippen LogP) is 5.60. The second-order valence-corrected chi connectivity index (χ2v) is 5.52. The molecule has 4 rings (SSSR count). The summed E-state index contributed by atoms with van der Waals surface area (Å²) in [4.78, 5) is 8.53. The molecule has 0 aliphatic carbocycles. The van der Waals surface area contributed by atoms with Gasteiger partial charge in [0.1, 0.15) is 0 Å². The molecule has 0 unspecified atom stereocenters. The third-order valence-electron chi connectivity index (χ3n) is 3.74. The summed E-state index contributed by atoms with van der Waals surface area (Å²) < 4.78 is 0. The Bertz CT molecular complexity index is 857. The summed E-state index contributed by atoms with van der Waals surface area (Å²) in [5.74, 6) is 0. The summed E-state index contributed by atoms with van der Waals surface area (Å²) >= 11 is 0. The van der Waals surface area contributed by atoms with Gasteiger partial charge in [-0.05, 0) is 36.4 Å². The molecular formula is C23H19IrN2-. The molecule has 26 heavy (non-hydrogen) atoms. The van der Waals surface area contributed by atoms with Crippen LogP contribution in [0.1, 0.15) is 5.56 Å². The second kappa shape index (κ2) is 10.4. The van der Waals surface area contributed by atoms with Gasteiger partial charge in [0.15, 0.2) is 0 Å². The van der Waals surface area contributed by atoms with E-state index in [2.05, 4.69) is 35.1 Å². The van der Waals surface area contributed by atoms with Gasteiger partial charge < -0.3 is 4.98 Å². The molecule has 1 radical (unpaired) electrons. The van der Waals surface area contributed by atoms with E-state index in [1.54, 1.807) is 6.20 Å². The van der Waals surface area contributed by atoms with Gasteiger partial charge in [-0.25, -0.2) is 0 Å². The summed E-state index contributed by atoms with van der Waals surface area (Å²) in [7, 11) is 0. The first-order valence-corrected chi connectivity index (χ1v) is 8.20. The van der Waals surface area contributed by atoms with E-state index in [0.717, 1.165) is 17.0 Å². The minimum Gasteiger partial charge on any atom is -0.305 e. The van der Waals surface area contributed by atoms with E-state index in [4.69, 9.17) is 0 Å². The van der Waals surface area contributed by atoms with Crippen LogP contribution in [-0.2, 0) is 20.1 Å². The number of aryl methyl sites for hydroxylation is 1. The molecule has 0 saturated carbocycles. The molecule has 0 fully saturated rings. The van der Waals surface area contributed by atoms with Crippen LogP contribution in [0.15, 0.2) is 97.3 Å². The number of rotatable bonds is 2. The molecule has 2 aromatic heterocycles. The molecular weight excluding hydrogens is 496 g/mol. The molecule has 0 aliphatic heterocycles. The maximum Gasteiger partial charge on any atom is 0.0704 e. The Hall–Kier alpha value is -2.61. The molecule has 0 bridgehead atoms. The molecule has 2 nitrogen and oxygen atoms in total. The molecule has 0 spiro atoms. The van der Waals surface area contributed by atoms with Crippen LogP contribution in [0.3, 0.4) is 0 Å². The molecule has 3 heteroatoms. The standard InChI is InChI=1S/C12H11N.C11H8N.Ir/c1-10-6-2-3-7-11(10)12-8-4-5-9-13-12;1-2-6-10(7-3-1)11-8-4-5-9-12-11;/h2-9H,1H3;1-6,8-9H;/q;-1;. The van der Waals surface area contributed by atoms with E-state index in [1.807, 2.05) is 79.0 Å². The molecule has 0 saturated heterocycles. The van der Waals surface area contributed by atoms with Gasteiger partial charge in [0.2, 0.25) is 0 Å². The van der Waals surface area contributed by atoms with Crippen LogP contribution in [0.2, 0.25) is 0 Å². The minimum absolute atomic E-state index is 0. The van der Waals surface area contributed by atoms with Crippen LogP contribution in [-0.4, -0.2) is 9.97 Å². The van der Waals surface area contributed by atoms with Gasteiger partial charge in [-0.1, -0.05) is 42.5 Å². The van der Waals surface area contributed by atoms with Gasteiger partial charge in [-0.3, -0.25) is 4.98 Å². The van der Waals surface area contributed by atoms with Crippen LogP contribution in [0.4, 0.5) is 0 Å². The Balaban J connectivity index is 0.000000180. The van der Waals surface area contributed by atoms with Crippen molar-refractivity contribution in [2.24, 2.45) is 0 Å². The van der Waals surface area contributed by atoms with E-state index in [-0.39, 0.29) is 20.1 Å². The summed E-state index contributed by atoms with van der Waals surface area (Å²) in [6.45, 7) is 2.10. The fourth-order valence-electron chi connectivity index (χ4n) is 2.46. The molecule has 0 aliphatic rings. The van der Waals surface area contributed by atoms with Gasteiger partial charge in [0.05, 0.1) is 5.69 Å². The molecule has 2 aromatic carbocycles. The summed E-state index contributed by atoms with van der Waals surface area (Å²) in [6.07, 6.45) is 3.61. The van der Waals surface area contributed by atoms with Crippen molar-refractivity contribution in [3.05, 3.63) is 109 Å². The van der Waals surface area contributed by atoms with E-state index in [1.165, 1.54) is 11.1 Å². The number of pyridine rings is 2. The van der Waals surface area contributed by atoms with E-state index >= 15 is 0 Å². The maximum atomic E-state index is 4.31. The molecule has 2 heterocycles. The van der Waals surface area contributed by atoms with Crippen LogP contribution >= 0.6 is 0 Å². The SMILES string of the molecule is Cc1ccccc1-c1ccccn1.[Ir].[c-]1ccccc1-c1ccccn1. The topological polar surface area (TPSA) is 25.8 Å². The second-order valence-electron chi connectivity index (χ2n) is 5.52. The molecule has 131 valence electrons. The number of nitrogens with zero attached hydrogens (tertiary/aromatic N) is 2. The number of aromatic nitrogens is 2. The Morgan fingerprint density at radius 3 is 1.85 bits per heavy atom. The monoisotopic (exact) mass is 516 g/mol. The third kappa shape index (κ3) is 5.45. The first-order valence-electron chi connectivity index (χ1n) is 8.20. The Labute approximate surface area is 168 Å². The summed E-state index contributed by atoms with van der Waals surface area (Å²) in [5, 5.41) is 0. The molecule has 0 atom stereocenters. The van der Waals surface area contributed by atoms with Gasteiger partial charge in [0.25, 0.3) is 0 Å². The maximum absolute atomic E-state index is 4.31.